The van der Waals surface area contributed by atoms with Gasteiger partial charge in [-0.05, 0) is 31.2 Å². The number of benzene rings is 1. The minimum absolute atomic E-state index is 0.00875. The number of nitrogens with zero attached hydrogens (tertiary/aromatic N) is 1. The van der Waals surface area contributed by atoms with Gasteiger partial charge in [0.1, 0.15) is 11.4 Å². The van der Waals surface area contributed by atoms with Crippen molar-refractivity contribution in [2.75, 3.05) is 11.9 Å². The zero-order chi connectivity index (χ0) is 12.8. The average molecular weight is 236 g/mol. The van der Waals surface area contributed by atoms with Crippen LogP contribution in [0.1, 0.15) is 19.4 Å². The Bertz CT molecular complexity index is 430. The van der Waals surface area contributed by atoms with E-state index in [4.69, 9.17) is 4.74 Å². The van der Waals surface area contributed by atoms with E-state index in [2.05, 4.69) is 11.9 Å². The van der Waals surface area contributed by atoms with E-state index in [1.54, 1.807) is 6.07 Å². The Labute approximate surface area is 100 Å². The first-order valence-corrected chi connectivity index (χ1v) is 5.45. The molecule has 0 aromatic heterocycles. The molecule has 0 radical (unpaired) electrons. The Morgan fingerprint density at radius 1 is 1.53 bits per heavy atom. The Morgan fingerprint density at radius 2 is 2.24 bits per heavy atom. The van der Waals surface area contributed by atoms with Gasteiger partial charge in [0.05, 0.1) is 17.6 Å². The largest absolute Gasteiger partial charge is 0.493 e. The molecule has 1 aromatic carbocycles. The van der Waals surface area contributed by atoms with Crippen LogP contribution in [0.25, 0.3) is 0 Å². The van der Waals surface area contributed by atoms with E-state index in [-0.39, 0.29) is 5.69 Å². The van der Waals surface area contributed by atoms with Crippen LogP contribution in [0.5, 0.6) is 5.75 Å². The molecule has 0 aliphatic carbocycles. The second-order valence-electron chi connectivity index (χ2n) is 3.37. The summed E-state index contributed by atoms with van der Waals surface area (Å²) in [5.74, 6) is 0.566. The Morgan fingerprint density at radius 3 is 2.71 bits per heavy atom. The number of nitro groups is 1. The number of hydrogen-bond acceptors (Lipinski definition) is 4. The van der Waals surface area contributed by atoms with Crippen LogP contribution in [-0.4, -0.2) is 11.5 Å². The summed E-state index contributed by atoms with van der Waals surface area (Å²) in [5.41, 5.74) is 1.36. The number of anilines is 1. The highest BCUT2D eigenvalue weighted by molar-refractivity contribution is 5.67. The summed E-state index contributed by atoms with van der Waals surface area (Å²) in [6.07, 6.45) is 2.17. The molecule has 5 nitrogen and oxygen atoms in total. The molecule has 0 saturated heterocycles. The van der Waals surface area contributed by atoms with Crippen molar-refractivity contribution >= 4 is 11.4 Å². The van der Waals surface area contributed by atoms with Gasteiger partial charge in [0.2, 0.25) is 0 Å². The summed E-state index contributed by atoms with van der Waals surface area (Å²) >= 11 is 0. The van der Waals surface area contributed by atoms with Crippen molar-refractivity contribution in [1.29, 1.82) is 0 Å². The Kier molecular flexibility index (Phi) is 4.51. The molecule has 0 spiro atoms. The minimum atomic E-state index is -0.437. The van der Waals surface area contributed by atoms with Gasteiger partial charge in [-0.25, -0.2) is 0 Å². The highest BCUT2D eigenvalue weighted by atomic mass is 16.6. The summed E-state index contributed by atoms with van der Waals surface area (Å²) in [6.45, 7) is 7.81. The normalized spacial score (nSPS) is 9.76. The highest BCUT2D eigenvalue weighted by Gasteiger charge is 2.17. The van der Waals surface area contributed by atoms with Crippen LogP contribution >= 0.6 is 0 Å². The topological polar surface area (TPSA) is 64.4 Å². The van der Waals surface area contributed by atoms with Crippen molar-refractivity contribution in [1.82, 2.24) is 0 Å². The monoisotopic (exact) mass is 236 g/mol. The maximum absolute atomic E-state index is 10.9. The maximum atomic E-state index is 10.9. The van der Waals surface area contributed by atoms with Crippen molar-refractivity contribution in [3.63, 3.8) is 0 Å². The molecule has 0 amide bonds. The lowest BCUT2D eigenvalue weighted by molar-refractivity contribution is -0.384. The van der Waals surface area contributed by atoms with Gasteiger partial charge >= 0.3 is 0 Å². The molecule has 0 aliphatic heterocycles. The van der Waals surface area contributed by atoms with Gasteiger partial charge in [-0.2, -0.15) is 0 Å². The third kappa shape index (κ3) is 2.96. The molecule has 1 rings (SSSR count). The highest BCUT2D eigenvalue weighted by Crippen LogP contribution is 2.33. The van der Waals surface area contributed by atoms with E-state index in [0.717, 1.165) is 12.0 Å². The molecule has 0 bridgehead atoms. The number of nitro benzene ring substituents is 1. The zero-order valence-corrected chi connectivity index (χ0v) is 10.0. The lowest BCUT2D eigenvalue weighted by Crippen LogP contribution is -2.01. The standard InChI is InChI=1S/C12H16N2O3/c1-4-9-7-10(13-5-2)11(14(15)16)8-12(9)17-6-3/h5,7-8,13H,2,4,6H2,1,3H3. The fourth-order valence-electron chi connectivity index (χ4n) is 1.56. The SMILES string of the molecule is C=CNc1cc(CC)c(OCC)cc1[N+](=O)[O-]. The molecule has 17 heavy (non-hydrogen) atoms. The fraction of sp³-hybridized carbons (Fsp3) is 0.333. The van der Waals surface area contributed by atoms with Gasteiger partial charge in [0, 0.05) is 0 Å². The molecular formula is C12H16N2O3. The quantitative estimate of drug-likeness (QED) is 0.608. The van der Waals surface area contributed by atoms with E-state index in [1.165, 1.54) is 12.3 Å². The smallest absolute Gasteiger partial charge is 0.296 e. The molecule has 0 unspecified atom stereocenters. The van der Waals surface area contributed by atoms with Gasteiger partial charge in [0.15, 0.2) is 0 Å². The van der Waals surface area contributed by atoms with E-state index >= 15 is 0 Å². The first kappa shape index (κ1) is 13.0. The summed E-state index contributed by atoms with van der Waals surface area (Å²) in [6, 6.07) is 3.18. The van der Waals surface area contributed by atoms with E-state index < -0.39 is 4.92 Å². The lowest BCUT2D eigenvalue weighted by atomic mass is 10.1. The van der Waals surface area contributed by atoms with Gasteiger partial charge in [-0.3, -0.25) is 10.1 Å². The van der Waals surface area contributed by atoms with Gasteiger partial charge < -0.3 is 10.1 Å². The second kappa shape index (κ2) is 5.89. The van der Waals surface area contributed by atoms with Crippen LogP contribution < -0.4 is 10.1 Å². The Hall–Kier alpha value is -2.04. The number of rotatable bonds is 6. The van der Waals surface area contributed by atoms with Crippen LogP contribution in [0.4, 0.5) is 11.4 Å². The Balaban J connectivity index is 3.30. The molecular weight excluding hydrogens is 220 g/mol. The number of hydrogen-bond donors (Lipinski definition) is 1. The second-order valence-corrected chi connectivity index (χ2v) is 3.37. The number of ether oxygens (including phenoxy) is 1. The molecule has 92 valence electrons. The van der Waals surface area contributed by atoms with Crippen LogP contribution in [0.15, 0.2) is 24.9 Å². The van der Waals surface area contributed by atoms with Crippen molar-refractivity contribution in [2.24, 2.45) is 0 Å². The predicted octanol–water partition coefficient (Wildman–Crippen LogP) is 3.11. The molecule has 0 fully saturated rings. The van der Waals surface area contributed by atoms with Gasteiger partial charge in [0.25, 0.3) is 5.69 Å². The van der Waals surface area contributed by atoms with Crippen LogP contribution in [0.3, 0.4) is 0 Å². The molecule has 1 N–H and O–H groups in total. The molecule has 1 aromatic rings. The van der Waals surface area contributed by atoms with Crippen molar-refractivity contribution in [3.05, 3.63) is 40.6 Å². The summed E-state index contributed by atoms with van der Waals surface area (Å²) in [5, 5.41) is 13.7. The molecule has 0 heterocycles. The van der Waals surface area contributed by atoms with E-state index in [1.807, 2.05) is 13.8 Å². The molecule has 0 saturated carbocycles. The first-order chi connectivity index (χ1) is 8.13. The zero-order valence-electron chi connectivity index (χ0n) is 10.0. The van der Waals surface area contributed by atoms with Crippen LogP contribution in [0.2, 0.25) is 0 Å². The molecule has 0 atom stereocenters. The summed E-state index contributed by atoms with van der Waals surface area (Å²) < 4.78 is 5.39. The van der Waals surface area contributed by atoms with Gasteiger partial charge in [-0.1, -0.05) is 13.5 Å². The van der Waals surface area contributed by atoms with Crippen LogP contribution in [0, 0.1) is 10.1 Å². The summed E-state index contributed by atoms with van der Waals surface area (Å²) in [7, 11) is 0. The fourth-order valence-corrected chi connectivity index (χ4v) is 1.56. The number of nitrogens with one attached hydrogen (secondary N) is 1. The average Bonchev–Trinajstić information content (AvgIpc) is 2.30. The molecule has 0 aliphatic rings. The third-order valence-electron chi connectivity index (χ3n) is 2.31. The van der Waals surface area contributed by atoms with Gasteiger partial charge in [-0.15, -0.1) is 0 Å². The predicted molar refractivity (Wildman–Crippen MR) is 67.5 cm³/mol. The van der Waals surface area contributed by atoms with Crippen molar-refractivity contribution < 1.29 is 9.66 Å². The first-order valence-electron chi connectivity index (χ1n) is 5.45. The summed E-state index contributed by atoms with van der Waals surface area (Å²) in [4.78, 5) is 10.5. The lowest BCUT2D eigenvalue weighted by Gasteiger charge is -2.11. The number of aryl methyl sites for hydroxylation is 1. The third-order valence-corrected chi connectivity index (χ3v) is 2.31. The van der Waals surface area contributed by atoms with E-state index in [9.17, 15) is 10.1 Å². The van der Waals surface area contributed by atoms with Crippen molar-refractivity contribution in [3.8, 4) is 5.75 Å². The minimum Gasteiger partial charge on any atom is -0.493 e. The van der Waals surface area contributed by atoms with Crippen molar-refractivity contribution in [2.45, 2.75) is 20.3 Å². The molecule has 5 heteroatoms. The van der Waals surface area contributed by atoms with E-state index in [0.29, 0.717) is 18.0 Å². The van der Waals surface area contributed by atoms with Crippen LogP contribution in [-0.2, 0) is 6.42 Å². The maximum Gasteiger partial charge on any atom is 0.296 e.